The van der Waals surface area contributed by atoms with Crippen molar-refractivity contribution in [1.82, 2.24) is 25.0 Å². The van der Waals surface area contributed by atoms with Crippen molar-refractivity contribution < 1.29 is 4.74 Å². The molecule has 0 aliphatic heterocycles. The summed E-state index contributed by atoms with van der Waals surface area (Å²) in [6, 6.07) is 7.96. The second-order valence-corrected chi connectivity index (χ2v) is 4.33. The minimum Gasteiger partial charge on any atom is -0.492 e. The first-order chi connectivity index (χ1) is 9.83. The number of nitrogens with zero attached hydrogens (tertiary/aromatic N) is 5. The van der Waals surface area contributed by atoms with Crippen LogP contribution in [-0.4, -0.2) is 38.2 Å². The molecule has 102 valence electrons. The number of anilines is 1. The summed E-state index contributed by atoms with van der Waals surface area (Å²) >= 11 is 0. The Hall–Kier alpha value is -2.70. The van der Waals surface area contributed by atoms with Gasteiger partial charge in [0.05, 0.1) is 18.9 Å². The maximum absolute atomic E-state index is 5.66. The molecule has 1 aromatic carbocycles. The maximum Gasteiger partial charge on any atom is 0.199 e. The number of aryl methyl sites for hydroxylation is 1. The monoisotopic (exact) mass is 270 g/mol. The molecule has 0 aliphatic carbocycles. The molecule has 3 aromatic rings. The summed E-state index contributed by atoms with van der Waals surface area (Å²) < 4.78 is 7.26. The van der Waals surface area contributed by atoms with Gasteiger partial charge in [-0.3, -0.25) is 4.98 Å². The molecule has 0 amide bonds. The van der Waals surface area contributed by atoms with Crippen LogP contribution >= 0.6 is 0 Å². The fourth-order valence-corrected chi connectivity index (χ4v) is 1.85. The Labute approximate surface area is 115 Å². The van der Waals surface area contributed by atoms with E-state index in [1.807, 2.05) is 31.2 Å². The maximum atomic E-state index is 5.66. The molecule has 20 heavy (non-hydrogen) atoms. The van der Waals surface area contributed by atoms with Gasteiger partial charge in [0.2, 0.25) is 0 Å². The van der Waals surface area contributed by atoms with Crippen LogP contribution in [-0.2, 0) is 0 Å². The van der Waals surface area contributed by atoms with Gasteiger partial charge in [-0.05, 0) is 35.0 Å². The van der Waals surface area contributed by atoms with Gasteiger partial charge in [0.25, 0.3) is 0 Å². The molecular formula is C13H14N6O. The summed E-state index contributed by atoms with van der Waals surface area (Å²) in [6.45, 7) is 3.21. The number of rotatable bonds is 5. The van der Waals surface area contributed by atoms with E-state index in [-0.39, 0.29) is 0 Å². The fourth-order valence-electron chi connectivity index (χ4n) is 1.85. The van der Waals surface area contributed by atoms with Gasteiger partial charge in [-0.1, -0.05) is 12.1 Å². The van der Waals surface area contributed by atoms with Crippen molar-refractivity contribution in [2.75, 3.05) is 18.5 Å². The average molecular weight is 270 g/mol. The number of fused-ring (bicyclic) bond motifs is 1. The van der Waals surface area contributed by atoms with Crippen LogP contribution in [0.25, 0.3) is 5.65 Å². The van der Waals surface area contributed by atoms with Crippen molar-refractivity contribution in [1.29, 1.82) is 0 Å². The van der Waals surface area contributed by atoms with Gasteiger partial charge in [0.15, 0.2) is 11.5 Å². The molecule has 0 saturated carbocycles. The lowest BCUT2D eigenvalue weighted by atomic mass is 10.2. The lowest BCUT2D eigenvalue weighted by Gasteiger charge is -2.09. The average Bonchev–Trinajstić information content (AvgIpc) is 2.93. The lowest BCUT2D eigenvalue weighted by Crippen LogP contribution is -2.14. The normalized spacial score (nSPS) is 10.7. The molecule has 0 fully saturated rings. The van der Waals surface area contributed by atoms with E-state index in [4.69, 9.17) is 4.74 Å². The van der Waals surface area contributed by atoms with Crippen LogP contribution in [0.2, 0.25) is 0 Å². The molecule has 0 unspecified atom stereocenters. The number of aromatic nitrogens is 5. The number of hydrogen-bond acceptors (Lipinski definition) is 6. The minimum atomic E-state index is 0.544. The third-order valence-corrected chi connectivity index (χ3v) is 2.78. The van der Waals surface area contributed by atoms with Crippen LogP contribution in [0.1, 0.15) is 5.56 Å². The van der Waals surface area contributed by atoms with Crippen LogP contribution in [0.5, 0.6) is 5.75 Å². The molecule has 0 saturated heterocycles. The van der Waals surface area contributed by atoms with E-state index in [1.54, 1.807) is 16.9 Å². The largest absolute Gasteiger partial charge is 0.492 e. The quantitative estimate of drug-likeness (QED) is 0.704. The molecule has 2 heterocycles. The van der Waals surface area contributed by atoms with E-state index in [0.717, 1.165) is 11.6 Å². The smallest absolute Gasteiger partial charge is 0.199 e. The molecule has 1 N–H and O–H groups in total. The van der Waals surface area contributed by atoms with Gasteiger partial charge in [-0.15, -0.1) is 5.10 Å². The van der Waals surface area contributed by atoms with E-state index >= 15 is 0 Å². The third kappa shape index (κ3) is 2.66. The molecule has 7 heteroatoms. The highest BCUT2D eigenvalue weighted by molar-refractivity contribution is 5.43. The zero-order valence-electron chi connectivity index (χ0n) is 11.0. The Kier molecular flexibility index (Phi) is 3.40. The predicted octanol–water partition coefficient (Wildman–Crippen LogP) is 1.32. The minimum absolute atomic E-state index is 0.544. The molecule has 7 nitrogen and oxygen atoms in total. The molecule has 2 aromatic heterocycles. The van der Waals surface area contributed by atoms with Gasteiger partial charge in [0, 0.05) is 0 Å². The first kappa shape index (κ1) is 12.3. The van der Waals surface area contributed by atoms with Crippen molar-refractivity contribution in [3.8, 4) is 5.75 Å². The van der Waals surface area contributed by atoms with Crippen molar-refractivity contribution >= 4 is 11.5 Å². The van der Waals surface area contributed by atoms with Crippen molar-refractivity contribution in [3.63, 3.8) is 0 Å². The predicted molar refractivity (Wildman–Crippen MR) is 73.7 cm³/mol. The number of hydrogen-bond donors (Lipinski definition) is 1. The number of nitrogens with one attached hydrogen (secondary N) is 1. The second kappa shape index (κ2) is 5.52. The molecule has 0 aliphatic rings. The molecule has 3 rings (SSSR count). The standard InChI is InChI=1S/C13H14N6O/c1-10-3-2-4-11(7-10)20-6-5-15-12-8-14-9-13-16-17-18-19(12)13/h2-4,7-9,15H,5-6H2,1H3. The van der Waals surface area contributed by atoms with Gasteiger partial charge in [-0.25, -0.2) is 0 Å². The number of benzene rings is 1. The van der Waals surface area contributed by atoms with Gasteiger partial charge >= 0.3 is 0 Å². The van der Waals surface area contributed by atoms with Crippen LogP contribution < -0.4 is 10.1 Å². The molecule has 0 atom stereocenters. The summed E-state index contributed by atoms with van der Waals surface area (Å²) in [5.74, 6) is 1.60. The topological polar surface area (TPSA) is 77.2 Å². The van der Waals surface area contributed by atoms with Crippen LogP contribution in [0.15, 0.2) is 36.7 Å². The van der Waals surface area contributed by atoms with Gasteiger partial charge in [0.1, 0.15) is 12.4 Å². The van der Waals surface area contributed by atoms with E-state index in [1.165, 1.54) is 5.56 Å². The van der Waals surface area contributed by atoms with E-state index < -0.39 is 0 Å². The Bertz CT molecular complexity index is 711. The van der Waals surface area contributed by atoms with Crippen molar-refractivity contribution in [2.45, 2.75) is 6.92 Å². The van der Waals surface area contributed by atoms with E-state index in [9.17, 15) is 0 Å². The van der Waals surface area contributed by atoms with Crippen molar-refractivity contribution in [3.05, 3.63) is 42.2 Å². The summed E-state index contributed by atoms with van der Waals surface area (Å²) in [5.41, 5.74) is 1.78. The second-order valence-electron chi connectivity index (χ2n) is 4.33. The lowest BCUT2D eigenvalue weighted by molar-refractivity contribution is 0.332. The van der Waals surface area contributed by atoms with Crippen LogP contribution in [0.4, 0.5) is 5.82 Å². The summed E-state index contributed by atoms with van der Waals surface area (Å²) in [5, 5.41) is 14.5. The molecule has 0 radical (unpaired) electrons. The van der Waals surface area contributed by atoms with E-state index in [0.29, 0.717) is 18.8 Å². The summed E-state index contributed by atoms with van der Waals surface area (Å²) in [6.07, 6.45) is 3.28. The van der Waals surface area contributed by atoms with Crippen LogP contribution in [0.3, 0.4) is 0 Å². The highest BCUT2D eigenvalue weighted by Crippen LogP contribution is 2.12. The first-order valence-corrected chi connectivity index (χ1v) is 6.28. The Morgan fingerprint density at radius 1 is 1.30 bits per heavy atom. The third-order valence-electron chi connectivity index (χ3n) is 2.78. The Balaban J connectivity index is 1.56. The number of ether oxygens (including phenoxy) is 1. The first-order valence-electron chi connectivity index (χ1n) is 6.28. The molecule has 0 bridgehead atoms. The highest BCUT2D eigenvalue weighted by atomic mass is 16.5. The zero-order chi connectivity index (χ0) is 13.8. The van der Waals surface area contributed by atoms with Crippen molar-refractivity contribution in [2.24, 2.45) is 0 Å². The summed E-state index contributed by atoms with van der Waals surface area (Å²) in [4.78, 5) is 4.07. The Morgan fingerprint density at radius 2 is 2.25 bits per heavy atom. The molecular weight excluding hydrogens is 256 g/mol. The van der Waals surface area contributed by atoms with Gasteiger partial charge < -0.3 is 10.1 Å². The van der Waals surface area contributed by atoms with Gasteiger partial charge in [-0.2, -0.15) is 4.52 Å². The molecule has 0 spiro atoms. The van der Waals surface area contributed by atoms with E-state index in [2.05, 4.69) is 25.8 Å². The number of tetrazole rings is 1. The summed E-state index contributed by atoms with van der Waals surface area (Å²) in [7, 11) is 0. The fraction of sp³-hybridized carbons (Fsp3) is 0.231. The Morgan fingerprint density at radius 3 is 3.15 bits per heavy atom. The van der Waals surface area contributed by atoms with Crippen LogP contribution in [0, 0.1) is 6.92 Å². The highest BCUT2D eigenvalue weighted by Gasteiger charge is 2.02. The SMILES string of the molecule is Cc1cccc(OCCNc2cncc3nnnn23)c1. The zero-order valence-corrected chi connectivity index (χ0v) is 11.0.